The number of sulfonamides is 1. The molecule has 7 nitrogen and oxygen atoms in total. The average molecular weight is 286 g/mol. The van der Waals surface area contributed by atoms with Crippen molar-refractivity contribution in [2.24, 2.45) is 0 Å². The van der Waals surface area contributed by atoms with Crippen LogP contribution in [0.15, 0.2) is 22.8 Å². The van der Waals surface area contributed by atoms with Crippen molar-refractivity contribution in [2.45, 2.75) is 25.4 Å². The van der Waals surface area contributed by atoms with E-state index in [1.807, 2.05) is 0 Å². The first kappa shape index (κ1) is 13.6. The van der Waals surface area contributed by atoms with Crippen LogP contribution in [0.2, 0.25) is 0 Å². The molecule has 0 aliphatic carbocycles. The van der Waals surface area contributed by atoms with Gasteiger partial charge in [0.1, 0.15) is 11.8 Å². The number of rotatable bonds is 4. The highest BCUT2D eigenvalue weighted by Crippen LogP contribution is 2.22. The molecule has 2 rings (SSSR count). The summed E-state index contributed by atoms with van der Waals surface area (Å²) in [5.74, 6) is -0.475. The summed E-state index contributed by atoms with van der Waals surface area (Å²) in [5.41, 5.74) is 0. The molecule has 0 radical (unpaired) electrons. The monoisotopic (exact) mass is 286 g/mol. The largest absolute Gasteiger partial charge is 0.467 e. The van der Waals surface area contributed by atoms with Gasteiger partial charge in [-0.1, -0.05) is 0 Å². The fraction of sp³-hybridized carbons (Fsp3) is 0.455. The first-order valence-corrected chi connectivity index (χ1v) is 7.57. The molecule has 8 heteroatoms. The van der Waals surface area contributed by atoms with Gasteiger partial charge in [-0.15, -0.1) is 0 Å². The molecular weight excluding hydrogens is 272 g/mol. The molecule has 0 spiro atoms. The highest BCUT2D eigenvalue weighted by Gasteiger charge is 2.41. The molecule has 0 bridgehead atoms. The number of carbonyl (C=O) groups is 2. The zero-order valence-corrected chi connectivity index (χ0v) is 11.1. The Morgan fingerprint density at radius 1 is 1.58 bits per heavy atom. The van der Waals surface area contributed by atoms with Crippen molar-refractivity contribution >= 4 is 21.8 Å². The smallest absolute Gasteiger partial charge is 0.244 e. The van der Waals surface area contributed by atoms with Gasteiger partial charge in [0.25, 0.3) is 0 Å². The lowest BCUT2D eigenvalue weighted by Gasteiger charge is -2.21. The highest BCUT2D eigenvalue weighted by atomic mass is 32.2. The topological polar surface area (TPSA) is 96.7 Å². The van der Waals surface area contributed by atoms with Crippen LogP contribution in [0.1, 0.15) is 18.6 Å². The van der Waals surface area contributed by atoms with E-state index in [0.717, 1.165) is 6.26 Å². The summed E-state index contributed by atoms with van der Waals surface area (Å²) in [6, 6.07) is 2.41. The second-order valence-electron chi connectivity index (χ2n) is 4.30. The third-order valence-electron chi connectivity index (χ3n) is 2.84. The summed E-state index contributed by atoms with van der Waals surface area (Å²) in [7, 11) is -3.72. The first-order chi connectivity index (χ1) is 8.89. The fourth-order valence-electron chi connectivity index (χ4n) is 2.02. The first-order valence-electron chi connectivity index (χ1n) is 5.72. The van der Waals surface area contributed by atoms with Gasteiger partial charge in [-0.05, 0) is 18.6 Å². The molecule has 1 aliphatic rings. The predicted octanol–water partition coefficient (Wildman–Crippen LogP) is -0.154. The summed E-state index contributed by atoms with van der Waals surface area (Å²) in [6.45, 7) is 0.161. The van der Waals surface area contributed by atoms with E-state index >= 15 is 0 Å². The molecule has 1 aliphatic heterocycles. The number of carbonyl (C=O) groups excluding carboxylic acids is 2. The zero-order valence-electron chi connectivity index (χ0n) is 10.3. The van der Waals surface area contributed by atoms with Crippen molar-refractivity contribution in [3.05, 3.63) is 24.2 Å². The molecule has 1 fully saturated rings. The van der Waals surface area contributed by atoms with E-state index in [4.69, 9.17) is 4.42 Å². The summed E-state index contributed by atoms with van der Waals surface area (Å²) in [5, 5.41) is 2.56. The maximum atomic E-state index is 11.9. The molecule has 1 saturated heterocycles. The number of nitrogens with one attached hydrogen (secondary N) is 1. The lowest BCUT2D eigenvalue weighted by molar-refractivity contribution is -0.130. The predicted molar refractivity (Wildman–Crippen MR) is 65.3 cm³/mol. The van der Waals surface area contributed by atoms with Gasteiger partial charge in [-0.3, -0.25) is 9.59 Å². The Labute approximate surface area is 110 Å². The number of hydrogen-bond donors (Lipinski definition) is 1. The Balaban J connectivity index is 2.04. The van der Waals surface area contributed by atoms with Crippen molar-refractivity contribution in [3.63, 3.8) is 0 Å². The van der Waals surface area contributed by atoms with E-state index in [2.05, 4.69) is 5.32 Å². The Kier molecular flexibility index (Phi) is 3.61. The SMILES string of the molecule is CS(=O)(=O)N1C(=O)CCC1C(=O)NCc1ccco1. The molecule has 104 valence electrons. The van der Waals surface area contributed by atoms with Gasteiger partial charge in [-0.2, -0.15) is 0 Å². The minimum absolute atomic E-state index is 0.0614. The van der Waals surface area contributed by atoms with Gasteiger partial charge in [0, 0.05) is 6.42 Å². The second-order valence-corrected chi connectivity index (χ2v) is 6.16. The van der Waals surface area contributed by atoms with Crippen molar-refractivity contribution in [3.8, 4) is 0 Å². The minimum atomic E-state index is -3.72. The van der Waals surface area contributed by atoms with E-state index in [0.29, 0.717) is 10.1 Å². The van der Waals surface area contributed by atoms with E-state index < -0.39 is 27.9 Å². The second kappa shape index (κ2) is 5.04. The fourth-order valence-corrected chi connectivity index (χ4v) is 3.14. The number of amides is 2. The Morgan fingerprint density at radius 2 is 2.32 bits per heavy atom. The lowest BCUT2D eigenvalue weighted by Crippen LogP contribution is -2.46. The van der Waals surface area contributed by atoms with Crippen LogP contribution in [-0.2, 0) is 26.2 Å². The van der Waals surface area contributed by atoms with E-state index in [-0.39, 0.29) is 19.4 Å². The zero-order chi connectivity index (χ0) is 14.0. The Morgan fingerprint density at radius 3 is 2.89 bits per heavy atom. The van der Waals surface area contributed by atoms with Crippen LogP contribution in [0.3, 0.4) is 0 Å². The number of nitrogens with zero attached hydrogens (tertiary/aromatic N) is 1. The van der Waals surface area contributed by atoms with Crippen LogP contribution in [0.25, 0.3) is 0 Å². The number of hydrogen-bond acceptors (Lipinski definition) is 5. The standard InChI is InChI=1S/C11H14N2O5S/c1-19(16,17)13-9(4-5-10(13)14)11(15)12-7-8-3-2-6-18-8/h2-3,6,9H,4-5,7H2,1H3,(H,12,15). The maximum Gasteiger partial charge on any atom is 0.244 e. The molecule has 1 unspecified atom stereocenters. The molecule has 1 aromatic rings. The molecule has 1 N–H and O–H groups in total. The van der Waals surface area contributed by atoms with E-state index in [1.165, 1.54) is 6.26 Å². The van der Waals surface area contributed by atoms with Crippen molar-refractivity contribution in [1.29, 1.82) is 0 Å². The average Bonchev–Trinajstić information content (AvgIpc) is 2.93. The molecule has 19 heavy (non-hydrogen) atoms. The van der Waals surface area contributed by atoms with Crippen LogP contribution in [0, 0.1) is 0 Å². The third-order valence-corrected chi connectivity index (χ3v) is 4.01. The molecule has 0 saturated carbocycles. The summed E-state index contributed by atoms with van der Waals surface area (Å²) < 4.78 is 28.7. The molecule has 2 amide bonds. The molecular formula is C11H14N2O5S. The Hall–Kier alpha value is -1.83. The third kappa shape index (κ3) is 2.95. The van der Waals surface area contributed by atoms with E-state index in [9.17, 15) is 18.0 Å². The summed E-state index contributed by atoms with van der Waals surface area (Å²) >= 11 is 0. The van der Waals surface area contributed by atoms with Crippen LogP contribution in [-0.4, -0.2) is 36.8 Å². The van der Waals surface area contributed by atoms with Crippen molar-refractivity contribution in [1.82, 2.24) is 9.62 Å². The van der Waals surface area contributed by atoms with Gasteiger partial charge in [0.2, 0.25) is 21.8 Å². The van der Waals surface area contributed by atoms with Gasteiger partial charge < -0.3 is 9.73 Å². The maximum absolute atomic E-state index is 11.9. The van der Waals surface area contributed by atoms with Crippen molar-refractivity contribution < 1.29 is 22.4 Å². The van der Waals surface area contributed by atoms with E-state index in [1.54, 1.807) is 12.1 Å². The van der Waals surface area contributed by atoms with Gasteiger partial charge in [-0.25, -0.2) is 12.7 Å². The molecule has 0 aromatic carbocycles. The summed E-state index contributed by atoms with van der Waals surface area (Å²) in [4.78, 5) is 23.4. The summed E-state index contributed by atoms with van der Waals surface area (Å²) in [6.07, 6.45) is 2.66. The highest BCUT2D eigenvalue weighted by molar-refractivity contribution is 7.89. The Bertz CT molecular complexity index is 578. The minimum Gasteiger partial charge on any atom is -0.467 e. The van der Waals surface area contributed by atoms with Crippen LogP contribution >= 0.6 is 0 Å². The quantitative estimate of drug-likeness (QED) is 0.830. The van der Waals surface area contributed by atoms with Gasteiger partial charge >= 0.3 is 0 Å². The number of furan rings is 1. The normalized spacial score (nSPS) is 19.7. The van der Waals surface area contributed by atoms with Crippen LogP contribution in [0.4, 0.5) is 0 Å². The molecule has 1 atom stereocenters. The molecule has 2 heterocycles. The van der Waals surface area contributed by atoms with Gasteiger partial charge in [0.15, 0.2) is 0 Å². The lowest BCUT2D eigenvalue weighted by atomic mass is 10.2. The van der Waals surface area contributed by atoms with Crippen LogP contribution in [0.5, 0.6) is 0 Å². The van der Waals surface area contributed by atoms with Crippen molar-refractivity contribution in [2.75, 3.05) is 6.26 Å². The van der Waals surface area contributed by atoms with Crippen LogP contribution < -0.4 is 5.32 Å². The van der Waals surface area contributed by atoms with Gasteiger partial charge in [0.05, 0.1) is 19.1 Å². The molecule has 1 aromatic heterocycles.